The van der Waals surface area contributed by atoms with Gasteiger partial charge in [0.1, 0.15) is 5.75 Å². The molecule has 0 radical (unpaired) electrons. The maximum absolute atomic E-state index is 13.3. The van der Waals surface area contributed by atoms with E-state index >= 15 is 0 Å². The summed E-state index contributed by atoms with van der Waals surface area (Å²) in [5, 5.41) is 9.09. The number of methoxy groups -OCH3 is 1. The van der Waals surface area contributed by atoms with E-state index in [4.69, 9.17) is 26.8 Å². The van der Waals surface area contributed by atoms with Gasteiger partial charge in [-0.05, 0) is 113 Å². The molecule has 6 nitrogen and oxygen atoms in total. The summed E-state index contributed by atoms with van der Waals surface area (Å²) in [6, 6.07) is 7.80. The van der Waals surface area contributed by atoms with Crippen LogP contribution >= 0.6 is 12.2 Å². The highest BCUT2D eigenvalue weighted by molar-refractivity contribution is 7.80. The van der Waals surface area contributed by atoms with Crippen molar-refractivity contribution >= 4 is 29.0 Å². The third kappa shape index (κ3) is 3.53. The van der Waals surface area contributed by atoms with Crippen LogP contribution in [0.5, 0.6) is 5.75 Å². The van der Waals surface area contributed by atoms with Crippen molar-refractivity contribution in [1.82, 2.24) is 9.78 Å². The van der Waals surface area contributed by atoms with Gasteiger partial charge in [-0.25, -0.2) is 4.68 Å². The minimum atomic E-state index is -0.388. The van der Waals surface area contributed by atoms with Gasteiger partial charge in [-0.3, -0.25) is 4.79 Å². The molecule has 1 heterocycles. The van der Waals surface area contributed by atoms with Gasteiger partial charge in [-0.1, -0.05) is 20.3 Å². The van der Waals surface area contributed by atoms with Gasteiger partial charge < -0.3 is 14.8 Å². The number of anilines is 1. The number of rotatable bonds is 4. The Morgan fingerprint density at radius 1 is 1.11 bits per heavy atom. The summed E-state index contributed by atoms with van der Waals surface area (Å²) >= 11 is 5.83. The molecular weight excluding hydrogens is 494 g/mol. The van der Waals surface area contributed by atoms with Crippen molar-refractivity contribution in [3.05, 3.63) is 41.7 Å². The molecule has 7 heteroatoms. The number of nitrogens with one attached hydrogen (secondary N) is 1. The average molecular weight is 536 g/mol. The lowest BCUT2D eigenvalue weighted by atomic mass is 9.40. The number of esters is 1. The van der Waals surface area contributed by atoms with Crippen molar-refractivity contribution in [1.29, 1.82) is 0 Å². The third-order valence-corrected chi connectivity index (χ3v) is 11.4. The smallest absolute Gasteiger partial charge is 0.312 e. The molecule has 3 saturated carbocycles. The van der Waals surface area contributed by atoms with Crippen LogP contribution in [-0.4, -0.2) is 34.6 Å². The SMILES string of the molecule is CCOC(=O)[C@]1(C)CCC[C@@]2(C)[C@@H]3CC[C@@]4(C)C[C@]3(CC[C@@H]21)c1cn(C(=S)Nc2ccc(OC)cc2)nc14. The zero-order chi connectivity index (χ0) is 26.9. The Kier molecular flexibility index (Phi) is 5.99. The van der Waals surface area contributed by atoms with E-state index in [-0.39, 0.29) is 27.6 Å². The minimum Gasteiger partial charge on any atom is -0.497 e. The molecule has 4 aliphatic rings. The number of aromatic nitrogens is 2. The molecule has 1 N–H and O–H groups in total. The number of fused-ring (bicyclic) bond motifs is 5. The van der Waals surface area contributed by atoms with Gasteiger partial charge in [-0.2, -0.15) is 5.10 Å². The van der Waals surface area contributed by atoms with E-state index in [9.17, 15) is 4.79 Å². The normalized spacial score (nSPS) is 37.0. The maximum atomic E-state index is 13.3. The van der Waals surface area contributed by atoms with Gasteiger partial charge in [0.2, 0.25) is 0 Å². The number of carbonyl (C=O) groups excluding carboxylic acids is 1. The van der Waals surface area contributed by atoms with Gasteiger partial charge >= 0.3 is 5.97 Å². The van der Waals surface area contributed by atoms with E-state index in [0.29, 0.717) is 23.6 Å². The second-order valence-electron chi connectivity index (χ2n) is 13.1. The summed E-state index contributed by atoms with van der Waals surface area (Å²) in [7, 11) is 1.67. The van der Waals surface area contributed by atoms with Crippen LogP contribution in [-0.2, 0) is 20.4 Å². The van der Waals surface area contributed by atoms with Crippen molar-refractivity contribution in [2.75, 3.05) is 19.0 Å². The quantitative estimate of drug-likeness (QED) is 0.351. The zero-order valence-corrected chi connectivity index (χ0v) is 24.2. The average Bonchev–Trinajstić information content (AvgIpc) is 3.42. The summed E-state index contributed by atoms with van der Waals surface area (Å²) in [6.07, 6.45) is 11.1. The number of ether oxygens (including phenoxy) is 2. The molecule has 2 bridgehead atoms. The van der Waals surface area contributed by atoms with E-state index in [2.05, 4.69) is 32.3 Å². The molecule has 4 aliphatic carbocycles. The van der Waals surface area contributed by atoms with Crippen LogP contribution in [0, 0.1) is 22.7 Å². The van der Waals surface area contributed by atoms with Crippen molar-refractivity contribution in [2.24, 2.45) is 22.7 Å². The maximum Gasteiger partial charge on any atom is 0.312 e. The molecule has 204 valence electrons. The summed E-state index contributed by atoms with van der Waals surface area (Å²) in [5.74, 6) is 1.73. The highest BCUT2D eigenvalue weighted by Crippen LogP contribution is 2.72. The van der Waals surface area contributed by atoms with Crippen LogP contribution in [0.2, 0.25) is 0 Å². The van der Waals surface area contributed by atoms with Crippen LogP contribution in [0.25, 0.3) is 0 Å². The van der Waals surface area contributed by atoms with Crippen LogP contribution in [0.3, 0.4) is 0 Å². The number of hydrogen-bond acceptors (Lipinski definition) is 5. The number of hydrogen-bond donors (Lipinski definition) is 1. The number of thiocarbonyl (C=S) groups is 1. The fourth-order valence-electron chi connectivity index (χ4n) is 9.55. The molecule has 0 unspecified atom stereocenters. The largest absolute Gasteiger partial charge is 0.497 e. The lowest BCUT2D eigenvalue weighted by molar-refractivity contribution is -0.180. The number of benzene rings is 1. The fourth-order valence-corrected chi connectivity index (χ4v) is 9.77. The van der Waals surface area contributed by atoms with Crippen LogP contribution in [0.15, 0.2) is 30.5 Å². The second kappa shape index (κ2) is 8.80. The Bertz CT molecular complexity index is 1270. The molecule has 0 aliphatic heterocycles. The van der Waals surface area contributed by atoms with E-state index in [1.807, 2.05) is 35.9 Å². The standard InChI is InChI=1S/C31H41N3O3S/c1-6-37-26(35)30(4)15-7-14-29(3)23(30)13-17-31-19-28(2,16-12-24(29)31)25-22(31)18-34(33-25)27(38)32-20-8-10-21(36-5)11-9-20/h8-11,18,23-24H,6-7,12-17,19H2,1-5H3,(H,32,38)/t23-,24-,28-,29+,30+,31+/m0/s1. The monoisotopic (exact) mass is 535 g/mol. The lowest BCUT2D eigenvalue weighted by Crippen LogP contribution is -2.60. The predicted octanol–water partition coefficient (Wildman–Crippen LogP) is 6.62. The molecule has 6 atom stereocenters. The summed E-state index contributed by atoms with van der Waals surface area (Å²) < 4.78 is 12.8. The molecule has 6 rings (SSSR count). The Labute approximate surface area is 231 Å². The second-order valence-corrected chi connectivity index (χ2v) is 13.5. The third-order valence-electron chi connectivity index (χ3n) is 11.1. The van der Waals surface area contributed by atoms with Crippen molar-refractivity contribution in [2.45, 2.75) is 89.9 Å². The Balaban J connectivity index is 1.34. The zero-order valence-electron chi connectivity index (χ0n) is 23.4. The first kappa shape index (κ1) is 25.8. The molecule has 0 saturated heterocycles. The molecule has 38 heavy (non-hydrogen) atoms. The highest BCUT2D eigenvalue weighted by atomic mass is 32.1. The van der Waals surface area contributed by atoms with Crippen LogP contribution < -0.4 is 10.1 Å². The predicted molar refractivity (Wildman–Crippen MR) is 153 cm³/mol. The first-order valence-electron chi connectivity index (χ1n) is 14.3. The van der Waals surface area contributed by atoms with Gasteiger partial charge in [0.15, 0.2) is 5.11 Å². The van der Waals surface area contributed by atoms with Crippen molar-refractivity contribution in [3.8, 4) is 5.75 Å². The topological polar surface area (TPSA) is 65.4 Å². The molecule has 3 fully saturated rings. The van der Waals surface area contributed by atoms with E-state index in [1.54, 1.807) is 7.11 Å². The first-order chi connectivity index (χ1) is 18.1. The van der Waals surface area contributed by atoms with E-state index in [0.717, 1.165) is 43.5 Å². The Morgan fingerprint density at radius 2 is 1.84 bits per heavy atom. The fraction of sp³-hybridized carbons (Fsp3) is 0.645. The lowest BCUT2D eigenvalue weighted by Gasteiger charge is -2.64. The summed E-state index contributed by atoms with van der Waals surface area (Å²) in [6.45, 7) is 9.48. The van der Waals surface area contributed by atoms with Gasteiger partial charge in [0, 0.05) is 28.3 Å². The molecule has 1 spiro atoms. The minimum absolute atomic E-state index is 0.0161. The Morgan fingerprint density at radius 3 is 2.55 bits per heavy atom. The van der Waals surface area contributed by atoms with Gasteiger partial charge in [0.05, 0.1) is 24.8 Å². The van der Waals surface area contributed by atoms with Crippen LogP contribution in [0.4, 0.5) is 5.69 Å². The van der Waals surface area contributed by atoms with E-state index in [1.165, 1.54) is 30.5 Å². The summed E-state index contributed by atoms with van der Waals surface area (Å²) in [4.78, 5) is 13.3. The molecule has 1 aromatic heterocycles. The van der Waals surface area contributed by atoms with E-state index < -0.39 is 0 Å². The molecule has 2 aromatic rings. The highest BCUT2D eigenvalue weighted by Gasteiger charge is 2.68. The van der Waals surface area contributed by atoms with Crippen LogP contribution in [0.1, 0.15) is 90.3 Å². The Hall–Kier alpha value is -2.41. The molecular formula is C31H41N3O3S. The van der Waals surface area contributed by atoms with Gasteiger partial charge in [0.25, 0.3) is 0 Å². The number of carbonyl (C=O) groups is 1. The first-order valence-corrected chi connectivity index (χ1v) is 14.7. The van der Waals surface area contributed by atoms with Crippen molar-refractivity contribution < 1.29 is 14.3 Å². The molecule has 1 aromatic carbocycles. The summed E-state index contributed by atoms with van der Waals surface area (Å²) in [5.41, 5.74) is 3.48. The number of nitrogens with zero attached hydrogens (tertiary/aromatic N) is 2. The van der Waals surface area contributed by atoms with Crippen molar-refractivity contribution in [3.63, 3.8) is 0 Å². The van der Waals surface area contributed by atoms with Gasteiger partial charge in [-0.15, -0.1) is 0 Å². The molecule has 0 amide bonds.